The van der Waals surface area contributed by atoms with E-state index in [1.54, 1.807) is 11.3 Å². The van der Waals surface area contributed by atoms with Crippen LogP contribution in [0, 0.1) is 5.92 Å². The third-order valence-electron chi connectivity index (χ3n) is 3.63. The van der Waals surface area contributed by atoms with Crippen molar-refractivity contribution in [1.82, 2.24) is 10.2 Å². The molecule has 1 aromatic heterocycles. The molecule has 1 aromatic rings. The first-order chi connectivity index (χ1) is 9.72. The first kappa shape index (κ1) is 15.4. The number of morpholine rings is 1. The molecular formula is C14H23N3O2S. The first-order valence-electron chi connectivity index (χ1n) is 7.05. The average Bonchev–Trinajstić information content (AvgIpc) is 3.01. The second kappa shape index (κ2) is 7.73. The molecule has 112 valence electrons. The Balaban J connectivity index is 1.98. The van der Waals surface area contributed by atoms with Crippen molar-refractivity contribution in [3.05, 3.63) is 22.4 Å². The molecule has 0 aromatic carbocycles. The molecular weight excluding hydrogens is 274 g/mol. The van der Waals surface area contributed by atoms with Crippen molar-refractivity contribution >= 4 is 17.2 Å². The maximum atomic E-state index is 11.9. The molecule has 1 aliphatic rings. The maximum Gasteiger partial charge on any atom is 0.224 e. The van der Waals surface area contributed by atoms with Crippen LogP contribution in [0.3, 0.4) is 0 Å². The van der Waals surface area contributed by atoms with Gasteiger partial charge in [0, 0.05) is 37.0 Å². The van der Waals surface area contributed by atoms with E-state index in [0.29, 0.717) is 13.1 Å². The molecule has 0 bridgehead atoms. The molecule has 20 heavy (non-hydrogen) atoms. The van der Waals surface area contributed by atoms with E-state index >= 15 is 0 Å². The third-order valence-corrected chi connectivity index (χ3v) is 4.60. The molecule has 2 atom stereocenters. The van der Waals surface area contributed by atoms with E-state index in [2.05, 4.69) is 27.7 Å². The second-order valence-corrected chi connectivity index (χ2v) is 6.04. The van der Waals surface area contributed by atoms with Crippen molar-refractivity contribution in [2.24, 2.45) is 11.7 Å². The monoisotopic (exact) mass is 297 g/mol. The standard InChI is InChI=1S/C14H23N3O2S/c1-11(9-15)14(18)16-10-12(13-3-2-8-20-13)17-4-6-19-7-5-17/h2-3,8,11-12H,4-7,9-10,15H2,1H3,(H,16,18). The van der Waals surface area contributed by atoms with E-state index in [4.69, 9.17) is 10.5 Å². The molecule has 0 radical (unpaired) electrons. The molecule has 0 saturated carbocycles. The average molecular weight is 297 g/mol. The third kappa shape index (κ3) is 4.02. The number of nitrogens with two attached hydrogens (primary N) is 1. The number of ether oxygens (including phenoxy) is 1. The molecule has 3 N–H and O–H groups in total. The number of carbonyl (C=O) groups is 1. The van der Waals surface area contributed by atoms with Crippen LogP contribution >= 0.6 is 11.3 Å². The predicted octanol–water partition coefficient (Wildman–Crippen LogP) is 0.832. The molecule has 2 heterocycles. The Morgan fingerprint density at radius 2 is 2.30 bits per heavy atom. The van der Waals surface area contributed by atoms with Crippen LogP contribution in [-0.2, 0) is 9.53 Å². The highest BCUT2D eigenvalue weighted by molar-refractivity contribution is 7.10. The zero-order valence-corrected chi connectivity index (χ0v) is 12.7. The van der Waals surface area contributed by atoms with E-state index < -0.39 is 0 Å². The molecule has 2 unspecified atom stereocenters. The van der Waals surface area contributed by atoms with E-state index in [1.807, 2.05) is 6.92 Å². The highest BCUT2D eigenvalue weighted by Crippen LogP contribution is 2.25. The molecule has 2 rings (SSSR count). The van der Waals surface area contributed by atoms with Crippen molar-refractivity contribution in [2.45, 2.75) is 13.0 Å². The van der Waals surface area contributed by atoms with Crippen LogP contribution in [0.5, 0.6) is 0 Å². The summed E-state index contributed by atoms with van der Waals surface area (Å²) in [6.45, 7) is 6.20. The minimum absolute atomic E-state index is 0.0299. The Morgan fingerprint density at radius 1 is 1.55 bits per heavy atom. The zero-order chi connectivity index (χ0) is 14.4. The van der Waals surface area contributed by atoms with Crippen molar-refractivity contribution < 1.29 is 9.53 Å². The Kier molecular flexibility index (Phi) is 5.97. The molecule has 1 saturated heterocycles. The molecule has 1 aliphatic heterocycles. The fourth-order valence-corrected chi connectivity index (χ4v) is 3.12. The number of hydrogen-bond acceptors (Lipinski definition) is 5. The number of rotatable bonds is 6. The van der Waals surface area contributed by atoms with Gasteiger partial charge >= 0.3 is 0 Å². The van der Waals surface area contributed by atoms with Gasteiger partial charge in [0.25, 0.3) is 0 Å². The summed E-state index contributed by atoms with van der Waals surface area (Å²) >= 11 is 1.73. The summed E-state index contributed by atoms with van der Waals surface area (Å²) in [6.07, 6.45) is 0. The normalized spacial score (nSPS) is 19.5. The smallest absolute Gasteiger partial charge is 0.224 e. The van der Waals surface area contributed by atoms with Gasteiger partial charge in [-0.1, -0.05) is 13.0 Å². The molecule has 0 aliphatic carbocycles. The van der Waals surface area contributed by atoms with Gasteiger partial charge in [-0.25, -0.2) is 0 Å². The Labute approximate surface area is 124 Å². The van der Waals surface area contributed by atoms with Crippen LogP contribution in [0.25, 0.3) is 0 Å². The minimum Gasteiger partial charge on any atom is -0.379 e. The second-order valence-electron chi connectivity index (χ2n) is 5.06. The van der Waals surface area contributed by atoms with Crippen LogP contribution in [0.2, 0.25) is 0 Å². The van der Waals surface area contributed by atoms with E-state index in [1.165, 1.54) is 4.88 Å². The minimum atomic E-state index is -0.135. The SMILES string of the molecule is CC(CN)C(=O)NCC(c1cccs1)N1CCOCC1. The van der Waals surface area contributed by atoms with Crippen LogP contribution in [0.1, 0.15) is 17.8 Å². The van der Waals surface area contributed by atoms with Crippen molar-refractivity contribution in [3.8, 4) is 0 Å². The molecule has 0 spiro atoms. The highest BCUT2D eigenvalue weighted by atomic mass is 32.1. The number of carbonyl (C=O) groups excluding carboxylic acids is 1. The van der Waals surface area contributed by atoms with Gasteiger partial charge in [-0.05, 0) is 11.4 Å². The lowest BCUT2D eigenvalue weighted by Crippen LogP contribution is -2.44. The van der Waals surface area contributed by atoms with Gasteiger partial charge in [0.2, 0.25) is 5.91 Å². The summed E-state index contributed by atoms with van der Waals surface area (Å²) < 4.78 is 5.41. The first-order valence-corrected chi connectivity index (χ1v) is 7.93. The fourth-order valence-electron chi connectivity index (χ4n) is 2.26. The van der Waals surface area contributed by atoms with Gasteiger partial charge in [-0.2, -0.15) is 0 Å². The number of nitrogens with one attached hydrogen (secondary N) is 1. The quantitative estimate of drug-likeness (QED) is 0.816. The number of amides is 1. The van der Waals surface area contributed by atoms with E-state index in [9.17, 15) is 4.79 Å². The van der Waals surface area contributed by atoms with Crippen molar-refractivity contribution in [3.63, 3.8) is 0 Å². The van der Waals surface area contributed by atoms with E-state index in [0.717, 1.165) is 26.3 Å². The Hall–Kier alpha value is -0.950. The number of nitrogens with zero attached hydrogens (tertiary/aromatic N) is 1. The molecule has 6 heteroatoms. The van der Waals surface area contributed by atoms with Crippen LogP contribution < -0.4 is 11.1 Å². The molecule has 1 amide bonds. The van der Waals surface area contributed by atoms with Gasteiger partial charge in [0.1, 0.15) is 0 Å². The molecule has 1 fully saturated rings. The summed E-state index contributed by atoms with van der Waals surface area (Å²) in [5, 5.41) is 5.10. The van der Waals surface area contributed by atoms with Crippen molar-refractivity contribution in [1.29, 1.82) is 0 Å². The Morgan fingerprint density at radius 3 is 2.90 bits per heavy atom. The van der Waals surface area contributed by atoms with E-state index in [-0.39, 0.29) is 17.9 Å². The van der Waals surface area contributed by atoms with Crippen molar-refractivity contribution in [2.75, 3.05) is 39.4 Å². The topological polar surface area (TPSA) is 67.6 Å². The van der Waals surface area contributed by atoms with Gasteiger partial charge in [0.05, 0.1) is 19.3 Å². The number of thiophene rings is 1. The van der Waals surface area contributed by atoms with Gasteiger partial charge in [-0.3, -0.25) is 9.69 Å². The summed E-state index contributed by atoms with van der Waals surface area (Å²) in [4.78, 5) is 15.6. The summed E-state index contributed by atoms with van der Waals surface area (Å²) in [5.41, 5.74) is 5.53. The molecule has 5 nitrogen and oxygen atoms in total. The van der Waals surface area contributed by atoms with Crippen LogP contribution in [0.4, 0.5) is 0 Å². The van der Waals surface area contributed by atoms with Gasteiger partial charge in [0.15, 0.2) is 0 Å². The summed E-state index contributed by atoms with van der Waals surface area (Å²) in [7, 11) is 0. The lowest BCUT2D eigenvalue weighted by Gasteiger charge is -2.34. The Bertz CT molecular complexity index is 405. The maximum absolute atomic E-state index is 11.9. The summed E-state index contributed by atoms with van der Waals surface area (Å²) in [5.74, 6) is -0.106. The fraction of sp³-hybridized carbons (Fsp3) is 0.643. The predicted molar refractivity (Wildman–Crippen MR) is 80.7 cm³/mol. The lowest BCUT2D eigenvalue weighted by molar-refractivity contribution is -0.124. The zero-order valence-electron chi connectivity index (χ0n) is 11.9. The van der Waals surface area contributed by atoms with Crippen LogP contribution in [-0.4, -0.2) is 50.2 Å². The summed E-state index contributed by atoms with van der Waals surface area (Å²) in [6, 6.07) is 4.41. The lowest BCUT2D eigenvalue weighted by atomic mass is 10.1. The van der Waals surface area contributed by atoms with Gasteiger partial charge in [-0.15, -0.1) is 11.3 Å². The van der Waals surface area contributed by atoms with Gasteiger partial charge < -0.3 is 15.8 Å². The number of hydrogen-bond donors (Lipinski definition) is 2. The largest absolute Gasteiger partial charge is 0.379 e. The van der Waals surface area contributed by atoms with Crippen LogP contribution in [0.15, 0.2) is 17.5 Å². The highest BCUT2D eigenvalue weighted by Gasteiger charge is 2.24.